The molecule has 1 amide bonds. The fourth-order valence-electron chi connectivity index (χ4n) is 4.02. The van der Waals surface area contributed by atoms with Crippen LogP contribution in [0.2, 0.25) is 0 Å². The topological polar surface area (TPSA) is 67.0 Å². The number of aromatic nitrogens is 1. The van der Waals surface area contributed by atoms with Gasteiger partial charge < -0.3 is 24.1 Å². The average molecular weight is 387 g/mol. The molecule has 7 nitrogen and oxygen atoms in total. The third-order valence-electron chi connectivity index (χ3n) is 5.71. The fraction of sp³-hybridized carbons (Fsp3) is 0.571. The number of carbonyl (C=O) groups excluding carboxylic acids is 1. The molecule has 1 N–H and O–H groups in total. The summed E-state index contributed by atoms with van der Waals surface area (Å²) in [5.41, 5.74) is 1.56. The first kappa shape index (κ1) is 19.2. The summed E-state index contributed by atoms with van der Waals surface area (Å²) in [6.07, 6.45) is 1.78. The number of rotatable bonds is 6. The molecule has 0 aliphatic carbocycles. The third-order valence-corrected chi connectivity index (χ3v) is 5.71. The zero-order valence-corrected chi connectivity index (χ0v) is 16.5. The molecule has 2 fully saturated rings. The maximum atomic E-state index is 13.4. The van der Waals surface area contributed by atoms with Gasteiger partial charge in [0, 0.05) is 62.4 Å². The number of aromatic amines is 1. The van der Waals surface area contributed by atoms with Gasteiger partial charge in [-0.1, -0.05) is 0 Å². The molecule has 0 spiro atoms. The smallest absolute Gasteiger partial charge is 0.270 e. The van der Waals surface area contributed by atoms with E-state index in [9.17, 15) is 4.79 Å². The quantitative estimate of drug-likeness (QED) is 0.823. The highest BCUT2D eigenvalue weighted by Crippen LogP contribution is 2.23. The van der Waals surface area contributed by atoms with Gasteiger partial charge >= 0.3 is 0 Å². The molecule has 0 radical (unpaired) electrons. The monoisotopic (exact) mass is 387 g/mol. The molecule has 1 aromatic carbocycles. The van der Waals surface area contributed by atoms with E-state index >= 15 is 0 Å². The Bertz CT molecular complexity index is 794. The van der Waals surface area contributed by atoms with Crippen LogP contribution >= 0.6 is 0 Å². The van der Waals surface area contributed by atoms with Gasteiger partial charge in [-0.15, -0.1) is 0 Å². The molecular weight excluding hydrogens is 358 g/mol. The van der Waals surface area contributed by atoms with E-state index in [0.29, 0.717) is 5.69 Å². The number of carbonyl (C=O) groups is 1. The number of morpholine rings is 1. The van der Waals surface area contributed by atoms with Crippen molar-refractivity contribution in [1.29, 1.82) is 0 Å². The Labute approximate surface area is 165 Å². The van der Waals surface area contributed by atoms with Crippen LogP contribution in [0.4, 0.5) is 0 Å². The van der Waals surface area contributed by atoms with Gasteiger partial charge in [-0.3, -0.25) is 9.69 Å². The minimum atomic E-state index is 0.0651. The second kappa shape index (κ2) is 8.94. The van der Waals surface area contributed by atoms with Gasteiger partial charge in [0.1, 0.15) is 11.4 Å². The lowest BCUT2D eigenvalue weighted by Gasteiger charge is -2.36. The molecule has 2 aliphatic heterocycles. The summed E-state index contributed by atoms with van der Waals surface area (Å²) in [6.45, 7) is 6.45. The summed E-state index contributed by atoms with van der Waals surface area (Å²) >= 11 is 0. The highest BCUT2D eigenvalue weighted by atomic mass is 16.5. The van der Waals surface area contributed by atoms with E-state index in [0.717, 1.165) is 82.1 Å². The Hall–Kier alpha value is -2.09. The van der Waals surface area contributed by atoms with E-state index in [1.54, 1.807) is 7.11 Å². The van der Waals surface area contributed by atoms with Crippen LogP contribution in [0.3, 0.4) is 0 Å². The molecule has 0 bridgehead atoms. The van der Waals surface area contributed by atoms with Gasteiger partial charge in [0.15, 0.2) is 0 Å². The molecule has 0 unspecified atom stereocenters. The van der Waals surface area contributed by atoms with Crippen molar-refractivity contribution in [3.8, 4) is 5.75 Å². The fourth-order valence-corrected chi connectivity index (χ4v) is 4.02. The van der Waals surface area contributed by atoms with Crippen LogP contribution in [0.1, 0.15) is 23.3 Å². The standard InChI is InChI=1S/C21H29N3O4/c1-26-18-3-2-16-14-20(22-19(16)15-18)21(25)24(17-4-10-27-11-5-17)7-6-23-8-12-28-13-9-23/h2-3,14-15,17,22H,4-13H2,1H3. The summed E-state index contributed by atoms with van der Waals surface area (Å²) < 4.78 is 16.3. The first-order chi connectivity index (χ1) is 13.7. The second-order valence-electron chi connectivity index (χ2n) is 7.43. The van der Waals surface area contributed by atoms with Crippen LogP contribution in [0, 0.1) is 0 Å². The van der Waals surface area contributed by atoms with Gasteiger partial charge in [-0.2, -0.15) is 0 Å². The third kappa shape index (κ3) is 4.32. The Morgan fingerprint density at radius 1 is 1.18 bits per heavy atom. The molecule has 2 saturated heterocycles. The number of ether oxygens (including phenoxy) is 3. The lowest BCUT2D eigenvalue weighted by molar-refractivity contribution is 0.0139. The van der Waals surface area contributed by atoms with Gasteiger partial charge in [0.05, 0.1) is 20.3 Å². The van der Waals surface area contributed by atoms with Gasteiger partial charge in [-0.05, 0) is 31.0 Å². The summed E-state index contributed by atoms with van der Waals surface area (Å²) in [5, 5.41) is 1.02. The first-order valence-electron chi connectivity index (χ1n) is 10.1. The van der Waals surface area contributed by atoms with Crippen LogP contribution in [0.25, 0.3) is 10.9 Å². The van der Waals surface area contributed by atoms with Crippen LogP contribution < -0.4 is 4.74 Å². The van der Waals surface area contributed by atoms with Crippen molar-refractivity contribution in [1.82, 2.24) is 14.8 Å². The molecular formula is C21H29N3O4. The summed E-state index contributed by atoms with van der Waals surface area (Å²) in [5.74, 6) is 0.845. The number of fused-ring (bicyclic) bond motifs is 1. The molecule has 0 atom stereocenters. The van der Waals surface area contributed by atoms with Crippen molar-refractivity contribution in [3.05, 3.63) is 30.0 Å². The van der Waals surface area contributed by atoms with E-state index < -0.39 is 0 Å². The number of amides is 1. The molecule has 4 rings (SSSR count). The van der Waals surface area contributed by atoms with Crippen molar-refractivity contribution in [3.63, 3.8) is 0 Å². The number of hydrogen-bond donors (Lipinski definition) is 1. The van der Waals surface area contributed by atoms with Crippen molar-refractivity contribution in [2.45, 2.75) is 18.9 Å². The minimum absolute atomic E-state index is 0.0651. The lowest BCUT2D eigenvalue weighted by Crippen LogP contribution is -2.48. The van der Waals surface area contributed by atoms with Gasteiger partial charge in [0.2, 0.25) is 0 Å². The first-order valence-corrected chi connectivity index (χ1v) is 10.1. The maximum absolute atomic E-state index is 13.4. The predicted octanol–water partition coefficient (Wildman–Crippen LogP) is 2.13. The van der Waals surface area contributed by atoms with Crippen LogP contribution in [0.15, 0.2) is 24.3 Å². The molecule has 1 aromatic heterocycles. The molecule has 152 valence electrons. The highest BCUT2D eigenvalue weighted by Gasteiger charge is 2.28. The normalized spacial score (nSPS) is 19.0. The Balaban J connectivity index is 1.52. The molecule has 2 aliphatic rings. The molecule has 3 heterocycles. The molecule has 0 saturated carbocycles. The number of nitrogens with one attached hydrogen (secondary N) is 1. The molecule has 2 aromatic rings. The van der Waals surface area contributed by atoms with Crippen LogP contribution in [-0.4, -0.2) is 86.4 Å². The van der Waals surface area contributed by atoms with Crippen molar-refractivity contribution < 1.29 is 19.0 Å². The Morgan fingerprint density at radius 2 is 1.93 bits per heavy atom. The summed E-state index contributed by atoms with van der Waals surface area (Å²) in [4.78, 5) is 21.1. The number of nitrogens with zero attached hydrogens (tertiary/aromatic N) is 2. The van der Waals surface area contributed by atoms with E-state index in [4.69, 9.17) is 14.2 Å². The van der Waals surface area contributed by atoms with Crippen molar-refractivity contribution in [2.75, 3.05) is 59.7 Å². The zero-order valence-electron chi connectivity index (χ0n) is 16.5. The van der Waals surface area contributed by atoms with Crippen molar-refractivity contribution >= 4 is 16.8 Å². The number of benzene rings is 1. The van der Waals surface area contributed by atoms with E-state index in [1.165, 1.54) is 0 Å². The molecule has 28 heavy (non-hydrogen) atoms. The predicted molar refractivity (Wildman–Crippen MR) is 107 cm³/mol. The van der Waals surface area contributed by atoms with Crippen molar-refractivity contribution in [2.24, 2.45) is 0 Å². The summed E-state index contributed by atoms with van der Waals surface area (Å²) in [7, 11) is 1.65. The van der Waals surface area contributed by atoms with Crippen LogP contribution in [-0.2, 0) is 9.47 Å². The maximum Gasteiger partial charge on any atom is 0.270 e. The average Bonchev–Trinajstić information content (AvgIpc) is 3.18. The zero-order chi connectivity index (χ0) is 19.3. The SMILES string of the molecule is COc1ccc2cc(C(=O)N(CCN3CCOCC3)C3CCOCC3)[nH]c2c1. The van der Waals surface area contributed by atoms with Gasteiger partial charge in [-0.25, -0.2) is 0 Å². The van der Waals surface area contributed by atoms with Gasteiger partial charge in [0.25, 0.3) is 5.91 Å². The Morgan fingerprint density at radius 3 is 2.68 bits per heavy atom. The van der Waals surface area contributed by atoms with Crippen LogP contribution in [0.5, 0.6) is 5.75 Å². The Kier molecular flexibility index (Phi) is 6.14. The van der Waals surface area contributed by atoms with E-state index in [-0.39, 0.29) is 11.9 Å². The minimum Gasteiger partial charge on any atom is -0.497 e. The number of hydrogen-bond acceptors (Lipinski definition) is 5. The number of methoxy groups -OCH3 is 1. The second-order valence-corrected chi connectivity index (χ2v) is 7.43. The highest BCUT2D eigenvalue weighted by molar-refractivity contribution is 5.98. The number of H-pyrrole nitrogens is 1. The van der Waals surface area contributed by atoms with E-state index in [2.05, 4.69) is 9.88 Å². The lowest BCUT2D eigenvalue weighted by atomic mass is 10.1. The van der Waals surface area contributed by atoms with E-state index in [1.807, 2.05) is 29.2 Å². The molecule has 7 heteroatoms. The largest absolute Gasteiger partial charge is 0.497 e. The summed E-state index contributed by atoms with van der Waals surface area (Å²) in [6, 6.07) is 7.99.